The van der Waals surface area contributed by atoms with E-state index in [1.165, 1.54) is 57.3 Å². The SMILES string of the molecule is CCCCCCP(Cl)CCCCC. The fourth-order valence-electron chi connectivity index (χ4n) is 1.36. The molecule has 0 radical (unpaired) electrons. The van der Waals surface area contributed by atoms with Gasteiger partial charge >= 0.3 is 0 Å². The summed E-state index contributed by atoms with van der Waals surface area (Å²) >= 11 is 6.26. The van der Waals surface area contributed by atoms with Gasteiger partial charge in [-0.05, 0) is 32.4 Å². The Morgan fingerprint density at radius 2 is 1.23 bits per heavy atom. The highest BCUT2D eigenvalue weighted by atomic mass is 35.7. The molecule has 0 amide bonds. The number of hydrogen-bond acceptors (Lipinski definition) is 0. The molecule has 0 aliphatic heterocycles. The van der Waals surface area contributed by atoms with Gasteiger partial charge < -0.3 is 0 Å². The minimum Gasteiger partial charge on any atom is -0.0964 e. The standard InChI is InChI=1S/C11H24ClP/c1-3-5-7-9-11-13(12)10-8-6-4-2/h3-11H2,1-2H3. The van der Waals surface area contributed by atoms with Crippen molar-refractivity contribution in [2.45, 2.75) is 58.8 Å². The first kappa shape index (κ1) is 13.7. The molecule has 0 nitrogen and oxygen atoms in total. The van der Waals surface area contributed by atoms with Gasteiger partial charge in [0.15, 0.2) is 0 Å². The molecule has 0 bridgehead atoms. The van der Waals surface area contributed by atoms with Crippen LogP contribution < -0.4 is 0 Å². The largest absolute Gasteiger partial charge is 0.0964 e. The first-order valence-corrected chi connectivity index (χ1v) is 8.33. The van der Waals surface area contributed by atoms with Crippen molar-refractivity contribution in [3.63, 3.8) is 0 Å². The monoisotopic (exact) mass is 222 g/mol. The van der Waals surface area contributed by atoms with E-state index in [2.05, 4.69) is 13.8 Å². The van der Waals surface area contributed by atoms with Crippen molar-refractivity contribution in [3.8, 4) is 0 Å². The van der Waals surface area contributed by atoms with Crippen LogP contribution in [-0.2, 0) is 0 Å². The van der Waals surface area contributed by atoms with Crippen LogP contribution in [0.4, 0.5) is 0 Å². The second kappa shape index (κ2) is 10.8. The molecule has 0 aliphatic carbocycles. The normalized spacial score (nSPS) is 13.2. The van der Waals surface area contributed by atoms with Crippen molar-refractivity contribution in [1.82, 2.24) is 0 Å². The van der Waals surface area contributed by atoms with E-state index >= 15 is 0 Å². The van der Waals surface area contributed by atoms with Crippen molar-refractivity contribution >= 4 is 18.5 Å². The summed E-state index contributed by atoms with van der Waals surface area (Å²) in [6.07, 6.45) is 12.1. The summed E-state index contributed by atoms with van der Waals surface area (Å²) in [5.74, 6) is 0. The Morgan fingerprint density at radius 3 is 1.77 bits per heavy atom. The van der Waals surface area contributed by atoms with Crippen LogP contribution in [0.2, 0.25) is 0 Å². The van der Waals surface area contributed by atoms with Gasteiger partial charge in [-0.3, -0.25) is 0 Å². The average Bonchev–Trinajstić information content (AvgIpc) is 2.13. The molecule has 13 heavy (non-hydrogen) atoms. The number of halogens is 1. The first-order chi connectivity index (χ1) is 6.31. The third-order valence-electron chi connectivity index (χ3n) is 2.26. The summed E-state index contributed by atoms with van der Waals surface area (Å²) in [6, 6.07) is 0. The third kappa shape index (κ3) is 10.6. The Labute approximate surface area is 90.0 Å². The molecule has 2 heteroatoms. The highest BCUT2D eigenvalue weighted by molar-refractivity contribution is 7.83. The van der Waals surface area contributed by atoms with E-state index in [0.717, 1.165) is 0 Å². The van der Waals surface area contributed by atoms with E-state index in [4.69, 9.17) is 11.2 Å². The molecule has 0 fully saturated rings. The molecule has 80 valence electrons. The van der Waals surface area contributed by atoms with Crippen LogP contribution in [0.5, 0.6) is 0 Å². The Hall–Kier alpha value is 0.720. The lowest BCUT2D eigenvalue weighted by Gasteiger charge is -2.08. The molecule has 0 spiro atoms. The highest BCUT2D eigenvalue weighted by Gasteiger charge is 2.02. The maximum atomic E-state index is 6.26. The molecule has 1 atom stereocenters. The molecule has 0 aromatic heterocycles. The number of unbranched alkanes of at least 4 members (excludes halogenated alkanes) is 5. The van der Waals surface area contributed by atoms with Crippen molar-refractivity contribution in [3.05, 3.63) is 0 Å². The van der Waals surface area contributed by atoms with E-state index < -0.39 is 0 Å². The Kier molecular flexibility index (Phi) is 11.4. The van der Waals surface area contributed by atoms with E-state index in [1.807, 2.05) is 0 Å². The maximum absolute atomic E-state index is 6.26. The van der Waals surface area contributed by atoms with Gasteiger partial charge in [-0.15, -0.1) is 0 Å². The van der Waals surface area contributed by atoms with Gasteiger partial charge in [-0.2, -0.15) is 0 Å². The third-order valence-corrected chi connectivity index (χ3v) is 4.88. The first-order valence-electron chi connectivity index (χ1n) is 5.72. The molecule has 0 aliphatic rings. The summed E-state index contributed by atoms with van der Waals surface area (Å²) in [4.78, 5) is 0. The topological polar surface area (TPSA) is 0 Å². The Morgan fingerprint density at radius 1 is 0.769 bits per heavy atom. The number of rotatable bonds is 9. The summed E-state index contributed by atoms with van der Waals surface area (Å²) in [5, 5.41) is 0. The van der Waals surface area contributed by atoms with E-state index in [-0.39, 0.29) is 7.27 Å². The van der Waals surface area contributed by atoms with Crippen molar-refractivity contribution in [2.75, 3.05) is 12.3 Å². The van der Waals surface area contributed by atoms with Crippen molar-refractivity contribution in [1.29, 1.82) is 0 Å². The molecule has 0 N–H and O–H groups in total. The minimum atomic E-state index is -0.137. The van der Waals surface area contributed by atoms with Crippen LogP contribution in [0.1, 0.15) is 58.8 Å². The summed E-state index contributed by atoms with van der Waals surface area (Å²) < 4.78 is 0. The predicted molar refractivity (Wildman–Crippen MR) is 66.2 cm³/mol. The summed E-state index contributed by atoms with van der Waals surface area (Å²) in [5.41, 5.74) is 0. The zero-order valence-corrected chi connectivity index (χ0v) is 10.8. The zero-order valence-electron chi connectivity index (χ0n) is 9.19. The minimum absolute atomic E-state index is 0.137. The average molecular weight is 223 g/mol. The Bertz CT molecular complexity index is 96.1. The van der Waals surface area contributed by atoms with Crippen LogP contribution in [0, 0.1) is 0 Å². The fourth-order valence-corrected chi connectivity index (χ4v) is 3.43. The van der Waals surface area contributed by atoms with Gasteiger partial charge in [-0.25, -0.2) is 0 Å². The highest BCUT2D eigenvalue weighted by Crippen LogP contribution is 2.43. The van der Waals surface area contributed by atoms with Gasteiger partial charge in [-0.1, -0.05) is 57.2 Å². The molecular formula is C11H24ClP. The van der Waals surface area contributed by atoms with E-state index in [0.29, 0.717) is 0 Å². The molecule has 0 rings (SSSR count). The van der Waals surface area contributed by atoms with Crippen molar-refractivity contribution in [2.24, 2.45) is 0 Å². The Balaban J connectivity index is 3.05. The van der Waals surface area contributed by atoms with Crippen LogP contribution in [0.25, 0.3) is 0 Å². The molecule has 0 aromatic carbocycles. The molecular weight excluding hydrogens is 199 g/mol. The van der Waals surface area contributed by atoms with Crippen LogP contribution >= 0.6 is 18.5 Å². The maximum Gasteiger partial charge on any atom is -0.00973 e. The zero-order chi connectivity index (χ0) is 9.94. The van der Waals surface area contributed by atoms with Crippen LogP contribution in [-0.4, -0.2) is 12.3 Å². The van der Waals surface area contributed by atoms with Gasteiger partial charge in [0, 0.05) is 0 Å². The van der Waals surface area contributed by atoms with Gasteiger partial charge in [0.25, 0.3) is 0 Å². The summed E-state index contributed by atoms with van der Waals surface area (Å²) in [7, 11) is -0.137. The predicted octanol–water partition coefficient (Wildman–Crippen LogP) is 5.39. The number of hydrogen-bond donors (Lipinski definition) is 0. The van der Waals surface area contributed by atoms with Gasteiger partial charge in [0.2, 0.25) is 0 Å². The molecule has 0 heterocycles. The lowest BCUT2D eigenvalue weighted by molar-refractivity contribution is 0.704. The quantitative estimate of drug-likeness (QED) is 0.362. The summed E-state index contributed by atoms with van der Waals surface area (Å²) in [6.45, 7) is 4.50. The lowest BCUT2D eigenvalue weighted by atomic mass is 10.2. The second-order valence-electron chi connectivity index (χ2n) is 3.68. The van der Waals surface area contributed by atoms with E-state index in [1.54, 1.807) is 0 Å². The van der Waals surface area contributed by atoms with Gasteiger partial charge in [0.05, 0.1) is 0 Å². The second-order valence-corrected chi connectivity index (χ2v) is 6.93. The van der Waals surface area contributed by atoms with Crippen LogP contribution in [0.15, 0.2) is 0 Å². The molecule has 0 saturated carbocycles. The van der Waals surface area contributed by atoms with E-state index in [9.17, 15) is 0 Å². The molecule has 0 aromatic rings. The van der Waals surface area contributed by atoms with Crippen LogP contribution in [0.3, 0.4) is 0 Å². The smallest absolute Gasteiger partial charge is 0.00973 e. The molecule has 1 unspecified atom stereocenters. The van der Waals surface area contributed by atoms with Crippen molar-refractivity contribution < 1.29 is 0 Å². The lowest BCUT2D eigenvalue weighted by Crippen LogP contribution is -1.86. The fraction of sp³-hybridized carbons (Fsp3) is 1.00. The van der Waals surface area contributed by atoms with Gasteiger partial charge in [0.1, 0.15) is 0 Å². The molecule has 0 saturated heterocycles.